The van der Waals surface area contributed by atoms with Crippen molar-refractivity contribution < 1.29 is 17.1 Å². The molecule has 2 aromatic rings. The molecule has 0 aliphatic carbocycles. The molecule has 0 unspecified atom stereocenters. The normalized spacial score (nSPS) is 13.7. The van der Waals surface area contributed by atoms with Gasteiger partial charge in [0.2, 0.25) is 0 Å². The van der Waals surface area contributed by atoms with Gasteiger partial charge in [0.15, 0.2) is 0 Å². The van der Waals surface area contributed by atoms with Gasteiger partial charge >= 0.3 is 103 Å². The molecule has 0 atom stereocenters. The molecule has 0 aromatic heterocycles. The summed E-state index contributed by atoms with van der Waals surface area (Å²) in [7, 11) is -5.38. The Bertz CT molecular complexity index is 532. The third kappa shape index (κ3) is 2.13. The van der Waals surface area contributed by atoms with E-state index in [1.54, 1.807) is 6.07 Å². The van der Waals surface area contributed by atoms with E-state index < -0.39 is 18.7 Å². The van der Waals surface area contributed by atoms with Crippen molar-refractivity contribution >= 4 is 18.7 Å². The standard InChI is InChI=1S/C13H12F3OSi/c1-17-11-7-9-13(10-8-11)18(14,15,16)12-5-3-2-4-6-12/h2-10H,1H3/q-1. The Morgan fingerprint density at radius 2 is 1.28 bits per heavy atom. The molecular weight excluding hydrogens is 257 g/mol. The third-order valence-electron chi connectivity index (χ3n) is 2.81. The Hall–Kier alpha value is -1.75. The molecular formula is C13H12F3OSi-. The number of hydrogen-bond acceptors (Lipinski definition) is 1. The topological polar surface area (TPSA) is 9.23 Å². The van der Waals surface area contributed by atoms with Crippen LogP contribution in [-0.2, 0) is 0 Å². The first kappa shape index (κ1) is 12.7. The molecule has 0 spiro atoms. The zero-order valence-electron chi connectivity index (χ0n) is 9.74. The van der Waals surface area contributed by atoms with Crippen molar-refractivity contribution in [3.63, 3.8) is 0 Å². The van der Waals surface area contributed by atoms with Gasteiger partial charge in [0.1, 0.15) is 0 Å². The van der Waals surface area contributed by atoms with E-state index in [2.05, 4.69) is 0 Å². The van der Waals surface area contributed by atoms with Gasteiger partial charge in [0, 0.05) is 0 Å². The molecule has 0 bridgehead atoms. The summed E-state index contributed by atoms with van der Waals surface area (Å²) < 4.78 is 47.6. The number of rotatable bonds is 3. The van der Waals surface area contributed by atoms with Gasteiger partial charge in [0.25, 0.3) is 0 Å². The van der Waals surface area contributed by atoms with Crippen LogP contribution in [0.25, 0.3) is 0 Å². The first-order chi connectivity index (χ1) is 8.42. The van der Waals surface area contributed by atoms with Crippen LogP contribution in [0.3, 0.4) is 0 Å². The molecule has 5 heteroatoms. The van der Waals surface area contributed by atoms with Gasteiger partial charge in [-0.2, -0.15) is 0 Å². The molecule has 0 aliphatic heterocycles. The van der Waals surface area contributed by atoms with E-state index in [1.165, 1.54) is 31.4 Å². The van der Waals surface area contributed by atoms with E-state index in [0.717, 1.165) is 24.3 Å². The Labute approximate surface area is 104 Å². The fourth-order valence-electron chi connectivity index (χ4n) is 1.74. The Morgan fingerprint density at radius 1 is 0.778 bits per heavy atom. The van der Waals surface area contributed by atoms with Crippen molar-refractivity contribution in [2.75, 3.05) is 7.11 Å². The minimum absolute atomic E-state index is 0.419. The van der Waals surface area contributed by atoms with Crippen LogP contribution in [0.2, 0.25) is 0 Å². The van der Waals surface area contributed by atoms with E-state index in [9.17, 15) is 12.3 Å². The van der Waals surface area contributed by atoms with Crippen molar-refractivity contribution in [2.45, 2.75) is 0 Å². The third-order valence-corrected chi connectivity index (χ3v) is 5.36. The molecule has 0 amide bonds. The summed E-state index contributed by atoms with van der Waals surface area (Å²) in [6.45, 7) is 0. The first-order valence-electron chi connectivity index (χ1n) is 5.41. The molecule has 2 rings (SSSR count). The Balaban J connectivity index is 2.51. The van der Waals surface area contributed by atoms with E-state index in [1.807, 2.05) is 0 Å². The fourth-order valence-corrected chi connectivity index (χ4v) is 3.52. The monoisotopic (exact) mass is 269 g/mol. The predicted octanol–water partition coefficient (Wildman–Crippen LogP) is 2.61. The molecule has 0 heterocycles. The van der Waals surface area contributed by atoms with Crippen LogP contribution in [0.4, 0.5) is 12.3 Å². The summed E-state index contributed by atoms with van der Waals surface area (Å²) in [6.07, 6.45) is 0. The summed E-state index contributed by atoms with van der Waals surface area (Å²) >= 11 is 0. The Kier molecular flexibility index (Phi) is 2.94. The second-order valence-corrected chi connectivity index (χ2v) is 6.97. The van der Waals surface area contributed by atoms with Crippen LogP contribution in [0.5, 0.6) is 5.75 Å². The summed E-state index contributed by atoms with van der Waals surface area (Å²) in [5.74, 6) is 0.419. The minimum atomic E-state index is -6.80. The molecule has 0 aliphatic rings. The van der Waals surface area contributed by atoms with E-state index in [0.29, 0.717) is 5.75 Å². The Morgan fingerprint density at radius 3 is 1.78 bits per heavy atom. The summed E-state index contributed by atoms with van der Waals surface area (Å²) in [4.78, 5) is 0. The van der Waals surface area contributed by atoms with Crippen molar-refractivity contribution in [1.29, 1.82) is 0 Å². The van der Waals surface area contributed by atoms with Crippen molar-refractivity contribution in [2.24, 2.45) is 0 Å². The van der Waals surface area contributed by atoms with E-state index in [-0.39, 0.29) is 0 Å². The maximum absolute atomic E-state index is 14.3. The van der Waals surface area contributed by atoms with Gasteiger partial charge in [-0.3, -0.25) is 0 Å². The van der Waals surface area contributed by atoms with Crippen LogP contribution < -0.4 is 15.1 Å². The van der Waals surface area contributed by atoms with Crippen molar-refractivity contribution in [3.05, 3.63) is 54.6 Å². The van der Waals surface area contributed by atoms with Crippen LogP contribution in [0.15, 0.2) is 54.6 Å². The van der Waals surface area contributed by atoms with Crippen LogP contribution in [0.1, 0.15) is 0 Å². The first-order valence-corrected chi connectivity index (χ1v) is 7.55. The zero-order chi connectivity index (χ0) is 13.3. The SMILES string of the molecule is COc1ccc([Si-](F)(F)(F)c2ccccc2)cc1. The van der Waals surface area contributed by atoms with Gasteiger partial charge < -0.3 is 0 Å². The average molecular weight is 269 g/mol. The summed E-state index contributed by atoms with van der Waals surface area (Å²) in [5, 5.41) is -1.11. The van der Waals surface area contributed by atoms with Crippen LogP contribution >= 0.6 is 0 Å². The zero-order valence-corrected chi connectivity index (χ0v) is 10.7. The molecule has 0 saturated heterocycles. The summed E-state index contributed by atoms with van der Waals surface area (Å²) in [5.41, 5.74) is 0. The quantitative estimate of drug-likeness (QED) is 0.615. The predicted molar refractivity (Wildman–Crippen MR) is 67.8 cm³/mol. The van der Waals surface area contributed by atoms with Gasteiger partial charge in [0.05, 0.1) is 0 Å². The van der Waals surface area contributed by atoms with Crippen molar-refractivity contribution in [1.82, 2.24) is 0 Å². The second-order valence-electron chi connectivity index (χ2n) is 4.00. The van der Waals surface area contributed by atoms with Gasteiger partial charge in [-0.05, 0) is 0 Å². The maximum atomic E-state index is 14.3. The molecule has 0 N–H and O–H groups in total. The van der Waals surface area contributed by atoms with E-state index in [4.69, 9.17) is 4.74 Å². The van der Waals surface area contributed by atoms with Gasteiger partial charge in [-0.25, -0.2) is 0 Å². The summed E-state index contributed by atoms with van der Waals surface area (Å²) in [6, 6.07) is 11.5. The number of benzene rings is 2. The molecule has 1 nitrogen and oxygen atoms in total. The molecule has 0 saturated carbocycles. The van der Waals surface area contributed by atoms with Crippen LogP contribution in [0, 0.1) is 0 Å². The molecule has 0 fully saturated rings. The van der Waals surface area contributed by atoms with Crippen LogP contribution in [-0.4, -0.2) is 15.5 Å². The van der Waals surface area contributed by atoms with Gasteiger partial charge in [-0.1, -0.05) is 0 Å². The van der Waals surface area contributed by atoms with E-state index >= 15 is 0 Å². The number of methoxy groups -OCH3 is 1. The van der Waals surface area contributed by atoms with Gasteiger partial charge in [-0.15, -0.1) is 0 Å². The fraction of sp³-hybridized carbons (Fsp3) is 0.0769. The molecule has 96 valence electrons. The van der Waals surface area contributed by atoms with Crippen molar-refractivity contribution in [3.8, 4) is 5.75 Å². The molecule has 2 aromatic carbocycles. The molecule has 18 heavy (non-hydrogen) atoms. The second kappa shape index (κ2) is 4.17. The average Bonchev–Trinajstić information content (AvgIpc) is 2.39. The molecule has 0 radical (unpaired) electrons. The number of ether oxygens (including phenoxy) is 1. The number of hydrogen-bond donors (Lipinski definition) is 0. The number of halogens is 3.